The molecule has 1 fully saturated rings. The highest BCUT2D eigenvalue weighted by molar-refractivity contribution is 8.26. The fourth-order valence-electron chi connectivity index (χ4n) is 1.99. The van der Waals surface area contributed by atoms with Crippen LogP contribution in [0.4, 0.5) is 0 Å². The molecule has 1 amide bonds. The lowest BCUT2D eigenvalue weighted by Gasteiger charge is -2.06. The van der Waals surface area contributed by atoms with Gasteiger partial charge in [-0.2, -0.15) is 0 Å². The van der Waals surface area contributed by atoms with Crippen LogP contribution >= 0.6 is 35.6 Å². The van der Waals surface area contributed by atoms with Crippen molar-refractivity contribution in [2.24, 2.45) is 0 Å². The third-order valence-corrected chi connectivity index (χ3v) is 4.62. The Bertz CT molecular complexity index is 862. The fourth-order valence-corrected chi connectivity index (χ4v) is 3.25. The molecule has 24 heavy (non-hydrogen) atoms. The first-order valence-corrected chi connectivity index (χ1v) is 8.45. The molecular formula is C17H10ClNO3S2. The van der Waals surface area contributed by atoms with Crippen LogP contribution in [0.2, 0.25) is 5.02 Å². The monoisotopic (exact) mass is 375 g/mol. The number of thioether (sulfide) groups is 1. The van der Waals surface area contributed by atoms with Gasteiger partial charge in [-0.3, -0.25) is 4.79 Å². The van der Waals surface area contributed by atoms with E-state index in [1.807, 2.05) is 0 Å². The van der Waals surface area contributed by atoms with Crippen molar-refractivity contribution in [2.45, 2.75) is 0 Å². The molecule has 0 unspecified atom stereocenters. The first-order valence-electron chi connectivity index (χ1n) is 6.84. The van der Waals surface area contributed by atoms with Crippen LogP contribution in [0, 0.1) is 0 Å². The molecule has 3 rings (SSSR count). The van der Waals surface area contributed by atoms with Crippen LogP contribution < -0.4 is 10.1 Å². The number of esters is 1. The summed E-state index contributed by atoms with van der Waals surface area (Å²) in [5.41, 5.74) is 1.10. The molecule has 0 spiro atoms. The van der Waals surface area contributed by atoms with Gasteiger partial charge in [0.05, 0.1) is 15.5 Å². The highest BCUT2D eigenvalue weighted by Crippen LogP contribution is 2.26. The first kappa shape index (κ1) is 16.7. The van der Waals surface area contributed by atoms with Crippen LogP contribution in [0.1, 0.15) is 15.9 Å². The predicted molar refractivity (Wildman–Crippen MR) is 99.2 cm³/mol. The second kappa shape index (κ2) is 7.17. The molecule has 0 radical (unpaired) electrons. The normalized spacial score (nSPS) is 15.5. The Balaban J connectivity index is 1.72. The Morgan fingerprint density at radius 3 is 2.50 bits per heavy atom. The highest BCUT2D eigenvalue weighted by atomic mass is 35.5. The van der Waals surface area contributed by atoms with Crippen LogP contribution in [0.5, 0.6) is 5.75 Å². The molecule has 0 atom stereocenters. The SMILES string of the molecule is O=C1NC(=S)SC1=Cc1ccc(OC(=O)c2ccccc2Cl)cc1. The number of rotatable bonds is 3. The van der Waals surface area contributed by atoms with Crippen molar-refractivity contribution >= 4 is 57.9 Å². The summed E-state index contributed by atoms with van der Waals surface area (Å²) in [6.07, 6.45) is 1.72. The number of benzene rings is 2. The van der Waals surface area contributed by atoms with Gasteiger partial charge in [0.25, 0.3) is 5.91 Å². The summed E-state index contributed by atoms with van der Waals surface area (Å²) in [6.45, 7) is 0. The molecule has 2 aromatic rings. The first-order chi connectivity index (χ1) is 11.5. The maximum atomic E-state index is 12.1. The molecule has 0 aromatic heterocycles. The molecule has 1 saturated heterocycles. The molecule has 1 N–H and O–H groups in total. The topological polar surface area (TPSA) is 55.4 Å². The van der Waals surface area contributed by atoms with Crippen molar-refractivity contribution in [2.75, 3.05) is 0 Å². The molecule has 7 heteroatoms. The van der Waals surface area contributed by atoms with E-state index in [2.05, 4.69) is 5.32 Å². The van der Waals surface area contributed by atoms with E-state index in [1.165, 1.54) is 11.8 Å². The van der Waals surface area contributed by atoms with Crippen LogP contribution in [0.3, 0.4) is 0 Å². The minimum Gasteiger partial charge on any atom is -0.423 e. The lowest BCUT2D eigenvalue weighted by molar-refractivity contribution is -0.115. The molecule has 4 nitrogen and oxygen atoms in total. The van der Waals surface area contributed by atoms with Gasteiger partial charge in [-0.1, -0.05) is 59.8 Å². The third kappa shape index (κ3) is 3.84. The average molecular weight is 376 g/mol. The zero-order valence-corrected chi connectivity index (χ0v) is 14.5. The van der Waals surface area contributed by atoms with Crippen molar-refractivity contribution < 1.29 is 14.3 Å². The van der Waals surface area contributed by atoms with E-state index >= 15 is 0 Å². The fraction of sp³-hybridized carbons (Fsp3) is 0. The van der Waals surface area contributed by atoms with Crippen LogP contribution in [0.25, 0.3) is 6.08 Å². The van der Waals surface area contributed by atoms with Gasteiger partial charge in [-0.25, -0.2) is 4.79 Å². The number of ether oxygens (including phenoxy) is 1. The number of amides is 1. The van der Waals surface area contributed by atoms with Crippen molar-refractivity contribution in [1.29, 1.82) is 0 Å². The zero-order chi connectivity index (χ0) is 17.1. The van der Waals surface area contributed by atoms with Gasteiger partial charge in [0, 0.05) is 0 Å². The zero-order valence-electron chi connectivity index (χ0n) is 12.1. The number of carbonyl (C=O) groups excluding carboxylic acids is 2. The van der Waals surface area contributed by atoms with Gasteiger partial charge < -0.3 is 10.1 Å². The summed E-state index contributed by atoms with van der Waals surface area (Å²) < 4.78 is 5.74. The summed E-state index contributed by atoms with van der Waals surface area (Å²) in [5, 5.41) is 2.89. The summed E-state index contributed by atoms with van der Waals surface area (Å²) in [6, 6.07) is 13.5. The van der Waals surface area contributed by atoms with Crippen LogP contribution in [-0.2, 0) is 4.79 Å². The number of hydrogen-bond donors (Lipinski definition) is 1. The number of thiocarbonyl (C=S) groups is 1. The molecule has 120 valence electrons. The number of carbonyl (C=O) groups is 2. The Morgan fingerprint density at radius 2 is 1.88 bits per heavy atom. The minimum atomic E-state index is -0.525. The van der Waals surface area contributed by atoms with Gasteiger partial charge in [0.1, 0.15) is 10.1 Å². The largest absolute Gasteiger partial charge is 0.423 e. The summed E-state index contributed by atoms with van der Waals surface area (Å²) >= 11 is 12.1. The Kier molecular flexibility index (Phi) is 4.99. The highest BCUT2D eigenvalue weighted by Gasteiger charge is 2.21. The summed E-state index contributed by atoms with van der Waals surface area (Å²) in [5.74, 6) is -0.344. The van der Waals surface area contributed by atoms with Crippen LogP contribution in [0.15, 0.2) is 53.4 Å². The second-order valence-corrected chi connectivity index (χ2v) is 6.92. The average Bonchev–Trinajstić information content (AvgIpc) is 2.87. The second-order valence-electron chi connectivity index (χ2n) is 4.79. The summed E-state index contributed by atoms with van der Waals surface area (Å²) in [7, 11) is 0. The van der Waals surface area contributed by atoms with E-state index in [1.54, 1.807) is 54.6 Å². The molecule has 0 aliphatic carbocycles. The Morgan fingerprint density at radius 1 is 1.17 bits per heavy atom. The molecule has 1 aliphatic heterocycles. The summed E-state index contributed by atoms with van der Waals surface area (Å²) in [4.78, 5) is 24.2. The van der Waals surface area contributed by atoms with Crippen molar-refractivity contribution in [1.82, 2.24) is 5.32 Å². The van der Waals surface area contributed by atoms with E-state index in [9.17, 15) is 9.59 Å². The van der Waals surface area contributed by atoms with E-state index in [4.69, 9.17) is 28.6 Å². The van der Waals surface area contributed by atoms with E-state index in [0.29, 0.717) is 25.6 Å². The molecule has 0 saturated carbocycles. The van der Waals surface area contributed by atoms with E-state index in [0.717, 1.165) is 5.56 Å². The molecule has 1 aliphatic rings. The minimum absolute atomic E-state index is 0.209. The third-order valence-electron chi connectivity index (χ3n) is 3.12. The number of nitrogens with one attached hydrogen (secondary N) is 1. The lowest BCUT2D eigenvalue weighted by atomic mass is 10.2. The standard InChI is InChI=1S/C17H10ClNO3S2/c18-13-4-2-1-3-12(13)16(21)22-11-7-5-10(6-8-11)9-14-15(20)19-17(23)24-14/h1-9H,(H,19,20,23). The lowest BCUT2D eigenvalue weighted by Crippen LogP contribution is -2.17. The molecular weight excluding hydrogens is 366 g/mol. The van der Waals surface area contributed by atoms with Gasteiger partial charge >= 0.3 is 5.97 Å². The quantitative estimate of drug-likeness (QED) is 0.379. The Hall–Kier alpha value is -2.15. The Labute approximate surface area is 152 Å². The molecule has 0 bridgehead atoms. The maximum absolute atomic E-state index is 12.1. The van der Waals surface area contributed by atoms with Crippen molar-refractivity contribution in [3.8, 4) is 5.75 Å². The molecule has 2 aromatic carbocycles. The van der Waals surface area contributed by atoms with Gasteiger partial charge in [-0.15, -0.1) is 0 Å². The van der Waals surface area contributed by atoms with Crippen LogP contribution in [-0.4, -0.2) is 16.2 Å². The maximum Gasteiger partial charge on any atom is 0.345 e. The van der Waals surface area contributed by atoms with Gasteiger partial charge in [0.2, 0.25) is 0 Å². The predicted octanol–water partition coefficient (Wildman–Crippen LogP) is 4.05. The van der Waals surface area contributed by atoms with Gasteiger partial charge in [-0.05, 0) is 35.9 Å². The van der Waals surface area contributed by atoms with Crippen molar-refractivity contribution in [3.05, 3.63) is 69.6 Å². The molecule has 1 heterocycles. The van der Waals surface area contributed by atoms with E-state index < -0.39 is 5.97 Å². The number of halogens is 1. The van der Waals surface area contributed by atoms with E-state index in [-0.39, 0.29) is 5.91 Å². The smallest absolute Gasteiger partial charge is 0.345 e. The van der Waals surface area contributed by atoms with Crippen molar-refractivity contribution in [3.63, 3.8) is 0 Å². The number of hydrogen-bond acceptors (Lipinski definition) is 5. The van der Waals surface area contributed by atoms with Gasteiger partial charge in [0.15, 0.2) is 0 Å².